The van der Waals surface area contributed by atoms with E-state index in [-0.39, 0.29) is 22.2 Å². The Labute approximate surface area is 638 Å². The van der Waals surface area contributed by atoms with Crippen molar-refractivity contribution in [2.24, 2.45) is 5.92 Å². The lowest BCUT2D eigenvalue weighted by Crippen LogP contribution is -2.54. The van der Waals surface area contributed by atoms with Crippen molar-refractivity contribution in [2.45, 2.75) is 221 Å². The van der Waals surface area contributed by atoms with Crippen LogP contribution in [-0.4, -0.2) is 22.9 Å². The van der Waals surface area contributed by atoms with Gasteiger partial charge in [-0.1, -0.05) is 115 Å². The maximum atomic E-state index is 2.61. The number of benzene rings is 6. The topological polar surface area (TPSA) is 33.2 Å². The molecule has 0 saturated heterocycles. The second-order valence-corrected chi connectivity index (χ2v) is 35.7. The van der Waals surface area contributed by atoms with Crippen LogP contribution in [0, 0.1) is 144 Å². The summed E-state index contributed by atoms with van der Waals surface area (Å²) in [6.07, 6.45) is 9.23. The lowest BCUT2D eigenvalue weighted by molar-refractivity contribution is -0.749. The van der Waals surface area contributed by atoms with Gasteiger partial charge in [0.25, 0.3) is 23.3 Å². The zero-order valence-electron chi connectivity index (χ0n) is 68.8. The molecule has 20 rings (SSSR count). The molecule has 0 bridgehead atoms. The average molecular weight is 1430 g/mol. The maximum Gasteiger partial charge on any atom is 0.259 e. The van der Waals surface area contributed by atoms with E-state index in [9.17, 15) is 0 Å². The average Bonchev–Trinajstić information content (AvgIpc) is 1.54. The van der Waals surface area contributed by atoms with Crippen molar-refractivity contribution in [1.82, 2.24) is 17.6 Å². The first-order valence-corrected chi connectivity index (χ1v) is 39.9. The van der Waals surface area contributed by atoms with Crippen LogP contribution >= 0.6 is 11.8 Å². The number of rotatable bonds is 0. The second kappa shape index (κ2) is 23.5. The third-order valence-electron chi connectivity index (χ3n) is 28.2. The molecule has 5 aliphatic heterocycles. The summed E-state index contributed by atoms with van der Waals surface area (Å²) in [6, 6.07) is 40.3. The van der Waals surface area contributed by atoms with E-state index in [1.807, 2.05) is 0 Å². The molecule has 0 saturated carbocycles. The second-order valence-electron chi connectivity index (χ2n) is 34.5. The lowest BCUT2D eigenvalue weighted by atomic mass is 9.82. The largest absolute Gasteiger partial charge is 0.259 e. The van der Waals surface area contributed by atoms with Crippen LogP contribution in [0.5, 0.6) is 0 Å². The summed E-state index contributed by atoms with van der Waals surface area (Å²) in [7, 11) is 0. The summed E-state index contributed by atoms with van der Waals surface area (Å²) >= 11 is 2.07. The molecule has 9 heteroatoms. The Kier molecular flexibility index (Phi) is 15.4. The third kappa shape index (κ3) is 9.04. The van der Waals surface area contributed by atoms with Gasteiger partial charge in [-0.15, -0.1) is 11.8 Å². The van der Waals surface area contributed by atoms with Gasteiger partial charge in [0, 0.05) is 100 Å². The number of fused-ring (bicyclic) bond motifs is 26. The van der Waals surface area contributed by atoms with E-state index in [0.717, 1.165) is 0 Å². The van der Waals surface area contributed by atoms with Crippen LogP contribution < -0.4 is 18.3 Å². The number of thioether (sulfide) groups is 1. The predicted octanol–water partition coefficient (Wildman–Crippen LogP) is 22.1. The molecule has 6 aromatic carbocycles. The SMILES string of the molecule is Cc1c(C)c(C)n2c(C)[n+]3c(c2c1C)-c1c(ccc2ccccc12)C3(C)C.Cc1c(C)c(C)n2c(C)[n+]3c(c2c1C)-c1cc2ccccc2cc1C3(C)C.Cc1c(C)c(C)n2c(C)[n+]3c(c2c1C)-c1ccc2ccccc2c1C3(C)C.Cc1c(C)c(C)n2c(C)[n+]3c(c2c1C)C1=C(C2C=CC=CC2S1)C3(C)C. The van der Waals surface area contributed by atoms with E-state index in [4.69, 9.17) is 0 Å². The molecule has 107 heavy (non-hydrogen) atoms. The van der Waals surface area contributed by atoms with Gasteiger partial charge < -0.3 is 0 Å². The Balaban J connectivity index is 0.000000105. The van der Waals surface area contributed by atoms with E-state index < -0.39 is 0 Å². The highest BCUT2D eigenvalue weighted by Crippen LogP contribution is 2.58. The van der Waals surface area contributed by atoms with Crippen molar-refractivity contribution in [2.75, 3.05) is 0 Å². The van der Waals surface area contributed by atoms with E-state index in [0.29, 0.717) is 11.2 Å². The monoisotopic (exact) mass is 1430 g/mol. The molecule has 0 amide bonds. The van der Waals surface area contributed by atoms with Crippen molar-refractivity contribution < 1.29 is 18.3 Å². The highest BCUT2D eigenvalue weighted by Gasteiger charge is 2.56. The molecular weight excluding hydrogens is 1320 g/mol. The molecule has 6 aliphatic rings. The Bertz CT molecular complexity index is 6430. The maximum absolute atomic E-state index is 2.61. The smallest absolute Gasteiger partial charge is 0.217 e. The van der Waals surface area contributed by atoms with Crippen LogP contribution in [0.2, 0.25) is 0 Å². The van der Waals surface area contributed by atoms with E-state index in [2.05, 4.69) is 375 Å². The van der Waals surface area contributed by atoms with Crippen LogP contribution in [-0.2, 0) is 22.2 Å². The minimum Gasteiger partial charge on any atom is -0.217 e. The van der Waals surface area contributed by atoms with Gasteiger partial charge in [-0.2, -0.15) is 17.6 Å². The summed E-state index contributed by atoms with van der Waals surface area (Å²) in [5.41, 5.74) is 43.3. The third-order valence-corrected chi connectivity index (χ3v) is 29.5. The Morgan fingerprint density at radius 1 is 0.318 bits per heavy atom. The molecule has 0 N–H and O–H groups in total. The standard InChI is InChI=1S/3C25H27N2.C23H27N2S/c1-14-15(2)17(4)26-18(5)27-24(23(26)16(14)3)21-12-19-10-8-9-11-20(19)13-22(21)25(27,6)7;1-14-15(2)17(4)26-18(5)27-24(23(26)16(14)3)22-20-11-9-8-10-19(20)12-13-21(22)25(27,6)7;1-14-15(2)17(4)26-18(5)27-24(23(26)16(14)3)21-13-12-19-10-8-9-11-20(19)22(21)25(27,6)7;1-12-13(2)15(4)24-16(5)25-21(20(24)14(12)3)22-19(23(25,6)7)17-10-8-9-11-18(17)26-22/h3*8-13H,1-7H3;8-11,17-18H,1-7H3/q4*+1. The van der Waals surface area contributed by atoms with Gasteiger partial charge in [-0.25, -0.2) is 18.3 Å². The Morgan fingerprint density at radius 3 is 1.20 bits per heavy atom. The van der Waals surface area contributed by atoms with E-state index in [1.54, 1.807) is 5.57 Å². The van der Waals surface area contributed by atoms with Crippen LogP contribution in [0.3, 0.4) is 0 Å². The van der Waals surface area contributed by atoms with Crippen molar-refractivity contribution in [3.8, 4) is 33.8 Å². The summed E-state index contributed by atoms with van der Waals surface area (Å²) in [5.74, 6) is 5.82. The van der Waals surface area contributed by atoms with Crippen LogP contribution in [0.25, 0.3) is 93.1 Å². The van der Waals surface area contributed by atoms with Crippen molar-refractivity contribution >= 4 is 71.1 Å². The van der Waals surface area contributed by atoms with E-state index >= 15 is 0 Å². The van der Waals surface area contributed by atoms with Crippen LogP contribution in [0.15, 0.2) is 139 Å². The summed E-state index contributed by atoms with van der Waals surface area (Å²) in [6.45, 7) is 64.3. The first kappa shape index (κ1) is 70.4. The molecule has 542 valence electrons. The van der Waals surface area contributed by atoms with Gasteiger partial charge in [0.15, 0.2) is 44.8 Å². The van der Waals surface area contributed by atoms with Crippen molar-refractivity contribution in [3.05, 3.63) is 274 Å². The fourth-order valence-electron chi connectivity index (χ4n) is 21.6. The zero-order chi connectivity index (χ0) is 76.3. The van der Waals surface area contributed by atoms with Crippen molar-refractivity contribution in [1.29, 1.82) is 0 Å². The number of allylic oxidation sites excluding steroid dienone is 4. The molecule has 0 fully saturated rings. The number of hydrogen-bond acceptors (Lipinski definition) is 1. The Morgan fingerprint density at radius 2 is 0.692 bits per heavy atom. The number of aryl methyl sites for hydroxylation is 12. The quantitative estimate of drug-likeness (QED) is 0.139. The molecule has 0 spiro atoms. The minimum absolute atomic E-state index is 0.0173. The van der Waals surface area contributed by atoms with Gasteiger partial charge in [-0.05, 0) is 261 Å². The molecule has 2 atom stereocenters. The van der Waals surface area contributed by atoms with Gasteiger partial charge >= 0.3 is 0 Å². The number of nitrogens with zero attached hydrogens (tertiary/aromatic N) is 8. The van der Waals surface area contributed by atoms with Gasteiger partial charge in [0.1, 0.15) is 44.9 Å². The highest BCUT2D eigenvalue weighted by molar-refractivity contribution is 8.09. The molecule has 8 aromatic heterocycles. The molecule has 0 radical (unpaired) electrons. The zero-order valence-corrected chi connectivity index (χ0v) is 69.7. The van der Waals surface area contributed by atoms with Gasteiger partial charge in [0.2, 0.25) is 0 Å². The first-order chi connectivity index (χ1) is 50.5. The van der Waals surface area contributed by atoms with E-state index in [1.165, 1.54) is 228 Å². The summed E-state index contributed by atoms with van der Waals surface area (Å²) in [4.78, 5) is 1.53. The molecule has 14 aromatic rings. The van der Waals surface area contributed by atoms with Crippen LogP contribution in [0.4, 0.5) is 0 Å². The van der Waals surface area contributed by atoms with Crippen molar-refractivity contribution in [3.63, 3.8) is 0 Å². The molecule has 1 aliphatic carbocycles. The van der Waals surface area contributed by atoms with Gasteiger partial charge in [0.05, 0.1) is 4.91 Å². The summed E-state index contributed by atoms with van der Waals surface area (Å²) in [5, 5.41) is 8.57. The van der Waals surface area contributed by atoms with Crippen LogP contribution in [0.1, 0.15) is 191 Å². The first-order valence-electron chi connectivity index (χ1n) is 39.1. The molecular formula is C98H108N8S+4. The fraction of sp³-hybridized carbons (Fsp3) is 0.347. The minimum atomic E-state index is -0.0810. The predicted molar refractivity (Wildman–Crippen MR) is 449 cm³/mol. The number of aromatic nitrogens is 8. The highest BCUT2D eigenvalue weighted by atomic mass is 32.2. The molecule has 13 heterocycles. The van der Waals surface area contributed by atoms with Gasteiger partial charge in [-0.3, -0.25) is 0 Å². The lowest BCUT2D eigenvalue weighted by Gasteiger charge is -2.28. The summed E-state index contributed by atoms with van der Waals surface area (Å²) < 4.78 is 20.3. The number of pyridine rings is 4. The fourth-order valence-corrected chi connectivity index (χ4v) is 23.2. The molecule has 2 unspecified atom stereocenters. The Hall–Kier alpha value is -9.57. The number of hydrogen-bond donors (Lipinski definition) is 0. The molecule has 8 nitrogen and oxygen atoms in total. The normalized spacial score (nSPS) is 17.3. The number of imidazole rings is 4.